The Hall–Kier alpha value is -3.24. The van der Waals surface area contributed by atoms with E-state index in [1.54, 1.807) is 24.3 Å². The van der Waals surface area contributed by atoms with E-state index in [1.165, 1.54) is 27.2 Å². The first kappa shape index (κ1) is 19.7. The molecule has 1 aliphatic carbocycles. The summed E-state index contributed by atoms with van der Waals surface area (Å²) < 4.78 is 0. The van der Waals surface area contributed by atoms with Crippen LogP contribution in [0.25, 0.3) is 0 Å². The summed E-state index contributed by atoms with van der Waals surface area (Å²) in [7, 11) is 2.08. The van der Waals surface area contributed by atoms with Gasteiger partial charge in [0.05, 0.1) is 11.1 Å². The quantitative estimate of drug-likeness (QED) is 0.594. The first-order valence-electron chi connectivity index (χ1n) is 10.9. The molecule has 5 rings (SSSR count). The van der Waals surface area contributed by atoms with Crippen LogP contribution < -0.4 is 0 Å². The minimum absolute atomic E-state index is 0.181. The standard InChI is InChI=1S/C27H26N2O2/c1-28(16-17-29-26(30)23-12-6-7-13-24(23)27(29)31)18-25-21-10-4-2-8-19(21)14-15-20-9-3-5-11-22(20)25/h2-13,25H,14-18H2,1H3. The second-order valence-electron chi connectivity index (χ2n) is 8.52. The molecular weight excluding hydrogens is 384 g/mol. The van der Waals surface area contributed by atoms with Crippen LogP contribution in [0.1, 0.15) is 48.9 Å². The van der Waals surface area contributed by atoms with Crippen molar-refractivity contribution in [3.63, 3.8) is 0 Å². The summed E-state index contributed by atoms with van der Waals surface area (Å²) in [6.45, 7) is 1.89. The number of fused-ring (bicyclic) bond motifs is 3. The Labute approximate surface area is 183 Å². The molecule has 3 aromatic carbocycles. The van der Waals surface area contributed by atoms with E-state index < -0.39 is 0 Å². The van der Waals surface area contributed by atoms with Gasteiger partial charge in [-0.05, 0) is 54.3 Å². The molecule has 0 saturated carbocycles. The fourth-order valence-corrected chi connectivity index (χ4v) is 4.95. The van der Waals surface area contributed by atoms with Crippen molar-refractivity contribution in [2.45, 2.75) is 18.8 Å². The van der Waals surface area contributed by atoms with Gasteiger partial charge in [0, 0.05) is 25.6 Å². The number of amides is 2. The van der Waals surface area contributed by atoms with Gasteiger partial charge in [0.25, 0.3) is 11.8 Å². The fraction of sp³-hybridized carbons (Fsp3) is 0.259. The molecule has 0 bridgehead atoms. The van der Waals surface area contributed by atoms with Crippen LogP contribution in [0, 0.1) is 0 Å². The minimum atomic E-state index is -0.181. The van der Waals surface area contributed by atoms with Crippen molar-refractivity contribution < 1.29 is 9.59 Å². The van der Waals surface area contributed by atoms with Gasteiger partial charge in [0.1, 0.15) is 0 Å². The van der Waals surface area contributed by atoms with Crippen LogP contribution in [-0.2, 0) is 12.8 Å². The lowest BCUT2D eigenvalue weighted by Crippen LogP contribution is -2.38. The molecule has 4 nitrogen and oxygen atoms in total. The minimum Gasteiger partial charge on any atom is -0.304 e. The van der Waals surface area contributed by atoms with Gasteiger partial charge in [-0.1, -0.05) is 60.7 Å². The molecule has 0 atom stereocenters. The number of carbonyl (C=O) groups excluding carboxylic acids is 2. The van der Waals surface area contributed by atoms with Gasteiger partial charge < -0.3 is 4.90 Å². The maximum Gasteiger partial charge on any atom is 0.261 e. The van der Waals surface area contributed by atoms with Crippen molar-refractivity contribution in [1.82, 2.24) is 9.80 Å². The molecule has 0 radical (unpaired) electrons. The summed E-state index contributed by atoms with van der Waals surface area (Å²) in [6.07, 6.45) is 2.12. The SMILES string of the molecule is CN(CCN1C(=O)c2ccccc2C1=O)CC1c2ccccc2CCc2ccccc21. The Kier molecular flexibility index (Phi) is 5.16. The number of rotatable bonds is 5. The fourth-order valence-electron chi connectivity index (χ4n) is 4.95. The number of nitrogens with zero attached hydrogens (tertiary/aromatic N) is 2. The zero-order valence-corrected chi connectivity index (χ0v) is 17.8. The molecule has 0 unspecified atom stereocenters. The summed E-state index contributed by atoms with van der Waals surface area (Å²) >= 11 is 0. The zero-order valence-electron chi connectivity index (χ0n) is 17.8. The molecular formula is C27H26N2O2. The van der Waals surface area contributed by atoms with E-state index in [1.807, 2.05) is 0 Å². The highest BCUT2D eigenvalue weighted by Gasteiger charge is 2.35. The Morgan fingerprint density at radius 2 is 1.26 bits per heavy atom. The van der Waals surface area contributed by atoms with Crippen LogP contribution in [0.5, 0.6) is 0 Å². The first-order valence-corrected chi connectivity index (χ1v) is 10.9. The Balaban J connectivity index is 1.34. The summed E-state index contributed by atoms with van der Waals surface area (Å²) in [6, 6.07) is 24.6. The van der Waals surface area contributed by atoms with Crippen LogP contribution in [0.3, 0.4) is 0 Å². The van der Waals surface area contributed by atoms with Crippen molar-refractivity contribution >= 4 is 11.8 Å². The average molecular weight is 411 g/mol. The zero-order chi connectivity index (χ0) is 21.4. The van der Waals surface area contributed by atoms with Crippen LogP contribution in [0.15, 0.2) is 72.8 Å². The Morgan fingerprint density at radius 1 is 0.774 bits per heavy atom. The topological polar surface area (TPSA) is 40.6 Å². The molecule has 0 saturated heterocycles. The lowest BCUT2D eigenvalue weighted by Gasteiger charge is -2.27. The van der Waals surface area contributed by atoms with Gasteiger partial charge in [0.15, 0.2) is 0 Å². The lowest BCUT2D eigenvalue weighted by atomic mass is 9.87. The Bertz CT molecular complexity index is 1070. The number of hydrogen-bond donors (Lipinski definition) is 0. The predicted octanol–water partition coefficient (Wildman–Crippen LogP) is 4.15. The van der Waals surface area contributed by atoms with Gasteiger partial charge in [0.2, 0.25) is 0 Å². The number of aryl methyl sites for hydroxylation is 2. The van der Waals surface area contributed by atoms with E-state index >= 15 is 0 Å². The lowest BCUT2D eigenvalue weighted by molar-refractivity contribution is 0.0641. The number of likely N-dealkylation sites (N-methyl/N-ethyl adjacent to an activating group) is 1. The molecule has 4 heteroatoms. The van der Waals surface area contributed by atoms with Crippen LogP contribution in [-0.4, -0.2) is 48.3 Å². The summed E-state index contributed by atoms with van der Waals surface area (Å²) in [4.78, 5) is 29.0. The molecule has 1 heterocycles. The summed E-state index contributed by atoms with van der Waals surface area (Å²) in [5.41, 5.74) is 6.64. The normalized spacial score (nSPS) is 15.6. The highest BCUT2D eigenvalue weighted by molar-refractivity contribution is 6.21. The van der Waals surface area contributed by atoms with E-state index in [4.69, 9.17) is 0 Å². The van der Waals surface area contributed by atoms with Gasteiger partial charge in [-0.15, -0.1) is 0 Å². The summed E-state index contributed by atoms with van der Waals surface area (Å²) in [5, 5.41) is 0. The molecule has 31 heavy (non-hydrogen) atoms. The maximum atomic E-state index is 12.7. The van der Waals surface area contributed by atoms with E-state index in [-0.39, 0.29) is 17.7 Å². The van der Waals surface area contributed by atoms with Crippen molar-refractivity contribution in [2.24, 2.45) is 0 Å². The van der Waals surface area contributed by atoms with Gasteiger partial charge in [-0.3, -0.25) is 14.5 Å². The molecule has 0 N–H and O–H groups in total. The van der Waals surface area contributed by atoms with E-state index in [0.717, 1.165) is 19.4 Å². The number of hydrogen-bond acceptors (Lipinski definition) is 3. The summed E-state index contributed by atoms with van der Waals surface area (Å²) in [5.74, 6) is -0.0830. The molecule has 2 amide bonds. The monoisotopic (exact) mass is 410 g/mol. The number of carbonyl (C=O) groups is 2. The third kappa shape index (κ3) is 3.57. The van der Waals surface area contributed by atoms with Crippen LogP contribution in [0.4, 0.5) is 0 Å². The molecule has 2 aliphatic rings. The van der Waals surface area contributed by atoms with Gasteiger partial charge in [-0.2, -0.15) is 0 Å². The van der Waals surface area contributed by atoms with Crippen molar-refractivity contribution in [2.75, 3.05) is 26.7 Å². The van der Waals surface area contributed by atoms with Crippen LogP contribution >= 0.6 is 0 Å². The van der Waals surface area contributed by atoms with E-state index in [0.29, 0.717) is 24.2 Å². The van der Waals surface area contributed by atoms with Crippen LogP contribution in [0.2, 0.25) is 0 Å². The van der Waals surface area contributed by atoms with E-state index in [2.05, 4.69) is 60.5 Å². The number of benzene rings is 3. The highest BCUT2D eigenvalue weighted by Crippen LogP contribution is 2.34. The molecule has 0 spiro atoms. The molecule has 1 aliphatic heterocycles. The average Bonchev–Trinajstić information content (AvgIpc) is 2.94. The first-order chi connectivity index (χ1) is 15.1. The molecule has 156 valence electrons. The van der Waals surface area contributed by atoms with E-state index in [9.17, 15) is 9.59 Å². The predicted molar refractivity (Wildman–Crippen MR) is 121 cm³/mol. The second kappa shape index (κ2) is 8.12. The van der Waals surface area contributed by atoms with Crippen molar-refractivity contribution in [1.29, 1.82) is 0 Å². The second-order valence-corrected chi connectivity index (χ2v) is 8.52. The van der Waals surface area contributed by atoms with Crippen molar-refractivity contribution in [3.8, 4) is 0 Å². The molecule has 0 fully saturated rings. The number of imide groups is 1. The third-order valence-electron chi connectivity index (χ3n) is 6.60. The highest BCUT2D eigenvalue weighted by atomic mass is 16.2. The maximum absolute atomic E-state index is 12.7. The van der Waals surface area contributed by atoms with Gasteiger partial charge >= 0.3 is 0 Å². The molecule has 3 aromatic rings. The largest absolute Gasteiger partial charge is 0.304 e. The van der Waals surface area contributed by atoms with Crippen molar-refractivity contribution in [3.05, 3.63) is 106 Å². The van der Waals surface area contributed by atoms with Gasteiger partial charge in [-0.25, -0.2) is 0 Å². The third-order valence-corrected chi connectivity index (χ3v) is 6.60. The molecule has 0 aromatic heterocycles. The Morgan fingerprint density at radius 3 is 1.81 bits per heavy atom. The smallest absolute Gasteiger partial charge is 0.261 e.